The minimum Gasteiger partial charge on any atom is -0.388 e. The first-order valence-corrected chi connectivity index (χ1v) is 6.50. The summed E-state index contributed by atoms with van der Waals surface area (Å²) in [4.78, 5) is 0. The molecule has 20 heavy (non-hydrogen) atoms. The minimum absolute atomic E-state index is 0.0104. The normalized spacial score (nSPS) is 14.1. The van der Waals surface area contributed by atoms with Crippen molar-refractivity contribution in [3.05, 3.63) is 70.2 Å². The highest BCUT2D eigenvalue weighted by atomic mass is 35.5. The van der Waals surface area contributed by atoms with Gasteiger partial charge in [-0.05, 0) is 17.7 Å². The van der Waals surface area contributed by atoms with E-state index in [1.165, 1.54) is 30.3 Å². The van der Waals surface area contributed by atoms with Crippen LogP contribution in [-0.4, -0.2) is 11.7 Å². The number of aliphatic hydroxyl groups is 1. The standard InChI is InChI=1S/C15H14ClF2NO/c16-12-6-3-5-10(14(12)18)15(20)11(8-19)9-4-1-2-7-13(9)17/h1-7,11,15,20H,8,19H2. The van der Waals surface area contributed by atoms with Gasteiger partial charge in [0.2, 0.25) is 0 Å². The van der Waals surface area contributed by atoms with Gasteiger partial charge in [0.25, 0.3) is 0 Å². The lowest BCUT2D eigenvalue weighted by Gasteiger charge is -2.23. The Balaban J connectivity index is 2.42. The van der Waals surface area contributed by atoms with Crippen molar-refractivity contribution in [3.63, 3.8) is 0 Å². The van der Waals surface area contributed by atoms with Crippen LogP contribution >= 0.6 is 11.6 Å². The quantitative estimate of drug-likeness (QED) is 0.908. The van der Waals surface area contributed by atoms with Gasteiger partial charge in [0, 0.05) is 18.0 Å². The Labute approximate surface area is 120 Å². The molecule has 2 aromatic rings. The topological polar surface area (TPSA) is 46.2 Å². The van der Waals surface area contributed by atoms with E-state index in [4.69, 9.17) is 17.3 Å². The molecule has 2 aromatic carbocycles. The molecule has 0 saturated heterocycles. The molecule has 3 N–H and O–H groups in total. The molecule has 0 fully saturated rings. The van der Waals surface area contributed by atoms with Gasteiger partial charge in [-0.2, -0.15) is 0 Å². The van der Waals surface area contributed by atoms with E-state index in [0.717, 1.165) is 0 Å². The maximum absolute atomic E-state index is 13.9. The molecule has 106 valence electrons. The van der Waals surface area contributed by atoms with E-state index >= 15 is 0 Å². The molecule has 0 radical (unpaired) electrons. The third-order valence-electron chi connectivity index (χ3n) is 3.24. The Kier molecular flexibility index (Phi) is 4.70. The summed E-state index contributed by atoms with van der Waals surface area (Å²) in [5.41, 5.74) is 5.88. The zero-order valence-corrected chi connectivity index (χ0v) is 11.3. The molecule has 5 heteroatoms. The van der Waals surface area contributed by atoms with E-state index in [1.807, 2.05) is 0 Å². The van der Waals surface area contributed by atoms with Crippen LogP contribution in [0.2, 0.25) is 5.02 Å². The summed E-state index contributed by atoms with van der Waals surface area (Å²) < 4.78 is 27.7. The molecule has 2 unspecified atom stereocenters. The molecule has 0 aliphatic carbocycles. The minimum atomic E-state index is -1.27. The van der Waals surface area contributed by atoms with Crippen molar-refractivity contribution in [1.82, 2.24) is 0 Å². The number of benzene rings is 2. The Morgan fingerprint density at radius 3 is 2.35 bits per heavy atom. The molecule has 0 spiro atoms. The highest BCUT2D eigenvalue weighted by Gasteiger charge is 2.26. The molecule has 0 amide bonds. The number of nitrogens with two attached hydrogens (primary N) is 1. The molecular weight excluding hydrogens is 284 g/mol. The predicted molar refractivity (Wildman–Crippen MR) is 74.6 cm³/mol. The summed E-state index contributed by atoms with van der Waals surface area (Å²) in [6.45, 7) is -0.0198. The van der Waals surface area contributed by atoms with E-state index in [-0.39, 0.29) is 22.7 Å². The fourth-order valence-corrected chi connectivity index (χ4v) is 2.35. The summed E-state index contributed by atoms with van der Waals surface area (Å²) in [5.74, 6) is -1.94. The van der Waals surface area contributed by atoms with Crippen molar-refractivity contribution in [2.45, 2.75) is 12.0 Å². The molecule has 0 aliphatic heterocycles. The number of hydrogen-bond acceptors (Lipinski definition) is 2. The molecule has 2 nitrogen and oxygen atoms in total. The summed E-state index contributed by atoms with van der Waals surface area (Å²) in [7, 11) is 0. The lowest BCUT2D eigenvalue weighted by atomic mass is 9.88. The van der Waals surface area contributed by atoms with Crippen LogP contribution in [0.25, 0.3) is 0 Å². The van der Waals surface area contributed by atoms with E-state index in [0.29, 0.717) is 0 Å². The van der Waals surface area contributed by atoms with Gasteiger partial charge >= 0.3 is 0 Å². The molecule has 0 bridgehead atoms. The van der Waals surface area contributed by atoms with Crippen LogP contribution < -0.4 is 5.73 Å². The fraction of sp³-hybridized carbons (Fsp3) is 0.200. The molecule has 0 heterocycles. The number of rotatable bonds is 4. The van der Waals surface area contributed by atoms with Crippen LogP contribution in [0.4, 0.5) is 8.78 Å². The van der Waals surface area contributed by atoms with Gasteiger partial charge < -0.3 is 10.8 Å². The highest BCUT2D eigenvalue weighted by molar-refractivity contribution is 6.30. The molecule has 0 saturated carbocycles. The Bertz CT molecular complexity index is 606. The molecule has 0 aliphatic rings. The summed E-state index contributed by atoms with van der Waals surface area (Å²) in [6.07, 6.45) is -1.27. The zero-order chi connectivity index (χ0) is 14.7. The van der Waals surface area contributed by atoms with Gasteiger partial charge in [-0.15, -0.1) is 0 Å². The largest absolute Gasteiger partial charge is 0.388 e. The fourth-order valence-electron chi connectivity index (χ4n) is 2.17. The van der Waals surface area contributed by atoms with Gasteiger partial charge in [0.1, 0.15) is 11.6 Å². The number of hydrogen-bond donors (Lipinski definition) is 2. The lowest BCUT2D eigenvalue weighted by Crippen LogP contribution is -2.22. The van der Waals surface area contributed by atoms with Crippen LogP contribution in [0, 0.1) is 11.6 Å². The lowest BCUT2D eigenvalue weighted by molar-refractivity contribution is 0.141. The SMILES string of the molecule is NCC(c1ccccc1F)C(O)c1cccc(Cl)c1F. The van der Waals surface area contributed by atoms with E-state index in [1.54, 1.807) is 12.1 Å². The third-order valence-corrected chi connectivity index (χ3v) is 3.53. The second-order valence-electron chi connectivity index (χ2n) is 4.45. The Morgan fingerprint density at radius 1 is 1.05 bits per heavy atom. The summed E-state index contributed by atoms with van der Waals surface area (Å²) >= 11 is 5.69. The van der Waals surface area contributed by atoms with Crippen LogP contribution in [0.3, 0.4) is 0 Å². The first kappa shape index (κ1) is 14.9. The Hall–Kier alpha value is -1.49. The van der Waals surface area contributed by atoms with Gasteiger partial charge in [0.05, 0.1) is 11.1 Å². The summed E-state index contributed by atoms with van der Waals surface area (Å²) in [5, 5.41) is 10.2. The second-order valence-corrected chi connectivity index (χ2v) is 4.86. The van der Waals surface area contributed by atoms with Crippen molar-refractivity contribution in [1.29, 1.82) is 0 Å². The average Bonchev–Trinajstić information content (AvgIpc) is 2.44. The van der Waals surface area contributed by atoms with Gasteiger partial charge in [-0.25, -0.2) is 8.78 Å². The Morgan fingerprint density at radius 2 is 1.70 bits per heavy atom. The predicted octanol–water partition coefficient (Wildman–Crippen LogP) is 3.39. The number of aliphatic hydroxyl groups excluding tert-OH is 1. The highest BCUT2D eigenvalue weighted by Crippen LogP contribution is 2.34. The van der Waals surface area contributed by atoms with Crippen molar-refractivity contribution in [2.75, 3.05) is 6.54 Å². The first-order valence-electron chi connectivity index (χ1n) is 6.12. The van der Waals surface area contributed by atoms with E-state index in [2.05, 4.69) is 0 Å². The molecular formula is C15H14ClF2NO. The first-order chi connectivity index (χ1) is 9.56. The van der Waals surface area contributed by atoms with Crippen molar-refractivity contribution < 1.29 is 13.9 Å². The van der Waals surface area contributed by atoms with Crippen LogP contribution in [0.1, 0.15) is 23.1 Å². The maximum Gasteiger partial charge on any atom is 0.147 e. The van der Waals surface area contributed by atoms with Crippen LogP contribution in [-0.2, 0) is 0 Å². The van der Waals surface area contributed by atoms with Crippen molar-refractivity contribution >= 4 is 11.6 Å². The average molecular weight is 298 g/mol. The second kappa shape index (κ2) is 6.31. The third kappa shape index (κ3) is 2.82. The van der Waals surface area contributed by atoms with Crippen molar-refractivity contribution in [3.8, 4) is 0 Å². The monoisotopic (exact) mass is 297 g/mol. The maximum atomic E-state index is 13.9. The van der Waals surface area contributed by atoms with Crippen LogP contribution in [0.15, 0.2) is 42.5 Å². The molecule has 0 aromatic heterocycles. The molecule has 2 atom stereocenters. The summed E-state index contributed by atoms with van der Waals surface area (Å²) in [6, 6.07) is 10.3. The van der Waals surface area contributed by atoms with Gasteiger partial charge in [-0.3, -0.25) is 0 Å². The smallest absolute Gasteiger partial charge is 0.147 e. The van der Waals surface area contributed by atoms with Crippen LogP contribution in [0.5, 0.6) is 0 Å². The molecule has 2 rings (SSSR count). The van der Waals surface area contributed by atoms with Gasteiger partial charge in [-0.1, -0.05) is 41.9 Å². The van der Waals surface area contributed by atoms with E-state index < -0.39 is 23.7 Å². The van der Waals surface area contributed by atoms with E-state index in [9.17, 15) is 13.9 Å². The number of halogens is 3. The van der Waals surface area contributed by atoms with Crippen molar-refractivity contribution in [2.24, 2.45) is 5.73 Å². The zero-order valence-electron chi connectivity index (χ0n) is 10.6. The van der Waals surface area contributed by atoms with Gasteiger partial charge in [0.15, 0.2) is 0 Å².